The molecule has 25 heavy (non-hydrogen) atoms. The van der Waals surface area contributed by atoms with E-state index in [1.165, 1.54) is 35.2 Å². The van der Waals surface area contributed by atoms with Crippen molar-refractivity contribution in [1.29, 1.82) is 0 Å². The first-order valence-corrected chi connectivity index (χ1v) is 7.67. The zero-order valence-electron chi connectivity index (χ0n) is 14.2. The molecule has 9 heteroatoms. The molecule has 1 aromatic carbocycles. The maximum Gasteiger partial charge on any atom is 0.337 e. The summed E-state index contributed by atoms with van der Waals surface area (Å²) in [4.78, 5) is 41.3. The monoisotopic (exact) mass is 345 g/mol. The van der Waals surface area contributed by atoms with Gasteiger partial charge in [0.05, 0.1) is 16.9 Å². The van der Waals surface area contributed by atoms with Crippen LogP contribution in [0.5, 0.6) is 0 Å². The van der Waals surface area contributed by atoms with E-state index in [-0.39, 0.29) is 23.7 Å². The predicted octanol–water partition coefficient (Wildman–Crippen LogP) is 1.54. The molecule has 0 radical (unpaired) electrons. The summed E-state index contributed by atoms with van der Waals surface area (Å²) in [6, 6.07) is 6.89. The lowest BCUT2D eigenvalue weighted by Crippen LogP contribution is -2.38. The maximum absolute atomic E-state index is 12.8. The third-order valence-electron chi connectivity index (χ3n) is 3.34. The molecule has 2 aromatic rings. The first-order chi connectivity index (χ1) is 11.8. The van der Waals surface area contributed by atoms with Crippen LogP contribution in [0.2, 0.25) is 0 Å². The molecule has 0 atom stereocenters. The minimum absolute atomic E-state index is 0.108. The second kappa shape index (κ2) is 7.56. The second-order valence-electron chi connectivity index (χ2n) is 5.60. The summed E-state index contributed by atoms with van der Waals surface area (Å²) in [6.45, 7) is 2.10. The van der Waals surface area contributed by atoms with Crippen molar-refractivity contribution < 1.29 is 4.92 Å². The molecular formula is C16H19N5O4. The van der Waals surface area contributed by atoms with E-state index in [1.54, 1.807) is 25.1 Å². The van der Waals surface area contributed by atoms with Crippen LogP contribution in [0.1, 0.15) is 13.3 Å². The third kappa shape index (κ3) is 4.00. The standard InChI is InChI=1S/C16H19N5O4/c1-4-8-19-15(22)10-14(17-11-18(2)3)20(16(19)23)12-6-5-7-13(9-12)21(24)25/h5-7,9-11H,4,8H2,1-3H3/b17-11+. The number of non-ortho nitro benzene ring substituents is 1. The van der Waals surface area contributed by atoms with Gasteiger partial charge in [0.25, 0.3) is 11.2 Å². The highest BCUT2D eigenvalue weighted by atomic mass is 16.6. The summed E-state index contributed by atoms with van der Waals surface area (Å²) in [5.41, 5.74) is -0.921. The number of aromatic nitrogens is 2. The minimum Gasteiger partial charge on any atom is -0.369 e. The molecule has 0 saturated carbocycles. The van der Waals surface area contributed by atoms with Crippen molar-refractivity contribution in [3.05, 3.63) is 61.3 Å². The Morgan fingerprint density at radius 1 is 1.28 bits per heavy atom. The molecule has 9 nitrogen and oxygen atoms in total. The lowest BCUT2D eigenvalue weighted by Gasteiger charge is -2.13. The normalized spacial score (nSPS) is 11.0. The van der Waals surface area contributed by atoms with Crippen LogP contribution in [0.25, 0.3) is 5.69 Å². The fourth-order valence-corrected chi connectivity index (χ4v) is 2.25. The fraction of sp³-hybridized carbons (Fsp3) is 0.312. The summed E-state index contributed by atoms with van der Waals surface area (Å²) in [6.07, 6.45) is 2.05. The number of nitrogens with zero attached hydrogens (tertiary/aromatic N) is 5. The molecule has 0 unspecified atom stereocenters. The summed E-state index contributed by atoms with van der Waals surface area (Å²) < 4.78 is 2.29. The maximum atomic E-state index is 12.8. The van der Waals surface area contributed by atoms with Crippen molar-refractivity contribution in [2.75, 3.05) is 14.1 Å². The average Bonchev–Trinajstić information content (AvgIpc) is 2.56. The summed E-state index contributed by atoms with van der Waals surface area (Å²) >= 11 is 0. The molecule has 0 aliphatic heterocycles. The van der Waals surface area contributed by atoms with Crippen LogP contribution in [-0.2, 0) is 6.54 Å². The topological polar surface area (TPSA) is 103 Å². The van der Waals surface area contributed by atoms with E-state index in [1.807, 2.05) is 6.92 Å². The van der Waals surface area contributed by atoms with Crippen LogP contribution in [0.3, 0.4) is 0 Å². The van der Waals surface area contributed by atoms with E-state index in [4.69, 9.17) is 0 Å². The van der Waals surface area contributed by atoms with Crippen LogP contribution >= 0.6 is 0 Å². The molecule has 0 aliphatic rings. The van der Waals surface area contributed by atoms with Crippen LogP contribution in [0.4, 0.5) is 11.5 Å². The first kappa shape index (κ1) is 18.1. The Bertz CT molecular complexity index is 927. The molecule has 0 saturated heterocycles. The molecule has 0 amide bonds. The minimum atomic E-state index is -0.583. The van der Waals surface area contributed by atoms with Crippen molar-refractivity contribution in [3.8, 4) is 5.69 Å². The van der Waals surface area contributed by atoms with Gasteiger partial charge >= 0.3 is 5.69 Å². The quantitative estimate of drug-likeness (QED) is 0.342. The highest BCUT2D eigenvalue weighted by Crippen LogP contribution is 2.19. The van der Waals surface area contributed by atoms with E-state index in [2.05, 4.69) is 4.99 Å². The van der Waals surface area contributed by atoms with Gasteiger partial charge in [0, 0.05) is 38.8 Å². The Morgan fingerprint density at radius 2 is 2.00 bits per heavy atom. The number of aliphatic imine (C=N–C) groups is 1. The smallest absolute Gasteiger partial charge is 0.337 e. The van der Waals surface area contributed by atoms with Crippen molar-refractivity contribution in [2.24, 2.45) is 4.99 Å². The summed E-state index contributed by atoms with van der Waals surface area (Å²) in [5.74, 6) is 0.108. The number of benzene rings is 1. The number of nitro groups is 1. The average molecular weight is 345 g/mol. The molecule has 0 bridgehead atoms. The lowest BCUT2D eigenvalue weighted by molar-refractivity contribution is -0.384. The highest BCUT2D eigenvalue weighted by molar-refractivity contribution is 5.60. The summed E-state index contributed by atoms with van der Waals surface area (Å²) in [7, 11) is 3.50. The zero-order chi connectivity index (χ0) is 18.6. The van der Waals surface area contributed by atoms with E-state index in [9.17, 15) is 19.7 Å². The number of nitro benzene ring substituents is 1. The fourth-order valence-electron chi connectivity index (χ4n) is 2.25. The molecular weight excluding hydrogens is 326 g/mol. The summed E-state index contributed by atoms with van der Waals surface area (Å²) in [5, 5.41) is 11.0. The zero-order valence-corrected chi connectivity index (χ0v) is 14.2. The van der Waals surface area contributed by atoms with Crippen LogP contribution in [0, 0.1) is 10.1 Å². The van der Waals surface area contributed by atoms with Gasteiger partial charge < -0.3 is 4.90 Å². The molecule has 1 heterocycles. The number of hydrogen-bond donors (Lipinski definition) is 0. The number of hydrogen-bond acceptors (Lipinski definition) is 5. The molecule has 0 fully saturated rings. The van der Waals surface area contributed by atoms with Crippen molar-refractivity contribution >= 4 is 17.8 Å². The Hall–Kier alpha value is -3.23. The van der Waals surface area contributed by atoms with Gasteiger partial charge in [0.1, 0.15) is 5.82 Å². The molecule has 0 aliphatic carbocycles. The molecule has 1 aromatic heterocycles. The van der Waals surface area contributed by atoms with Gasteiger partial charge in [-0.15, -0.1) is 0 Å². The molecule has 132 valence electrons. The largest absolute Gasteiger partial charge is 0.369 e. The van der Waals surface area contributed by atoms with Gasteiger partial charge in [-0.1, -0.05) is 13.0 Å². The van der Waals surface area contributed by atoms with Crippen molar-refractivity contribution in [1.82, 2.24) is 14.0 Å². The lowest BCUT2D eigenvalue weighted by atomic mass is 10.2. The van der Waals surface area contributed by atoms with E-state index in [0.717, 1.165) is 4.57 Å². The van der Waals surface area contributed by atoms with Crippen molar-refractivity contribution in [3.63, 3.8) is 0 Å². The molecule has 0 spiro atoms. The third-order valence-corrected chi connectivity index (χ3v) is 3.34. The van der Waals surface area contributed by atoms with Gasteiger partial charge in [-0.2, -0.15) is 0 Å². The van der Waals surface area contributed by atoms with Crippen molar-refractivity contribution in [2.45, 2.75) is 19.9 Å². The SMILES string of the molecule is CCCn1c(=O)cc(/N=C/N(C)C)n(-c2cccc([N+](=O)[O-])c2)c1=O. The highest BCUT2D eigenvalue weighted by Gasteiger charge is 2.15. The van der Waals surface area contributed by atoms with Crippen LogP contribution in [0.15, 0.2) is 44.9 Å². The number of rotatable bonds is 6. The molecule has 0 N–H and O–H groups in total. The van der Waals surface area contributed by atoms with Gasteiger partial charge in [-0.05, 0) is 12.5 Å². The molecule has 2 rings (SSSR count). The predicted molar refractivity (Wildman–Crippen MR) is 95.1 cm³/mol. The van der Waals surface area contributed by atoms with E-state index in [0.29, 0.717) is 6.42 Å². The Labute approximate surface area is 143 Å². The van der Waals surface area contributed by atoms with Gasteiger partial charge in [-0.25, -0.2) is 14.4 Å². The van der Waals surface area contributed by atoms with Crippen LogP contribution in [-0.4, -0.2) is 39.4 Å². The Morgan fingerprint density at radius 3 is 2.60 bits per heavy atom. The second-order valence-corrected chi connectivity index (χ2v) is 5.60. The Balaban J connectivity index is 2.78. The van der Waals surface area contributed by atoms with Gasteiger partial charge in [-0.3, -0.25) is 19.5 Å². The van der Waals surface area contributed by atoms with E-state index < -0.39 is 16.2 Å². The first-order valence-electron chi connectivity index (χ1n) is 7.67. The van der Waals surface area contributed by atoms with E-state index >= 15 is 0 Å². The Kier molecular flexibility index (Phi) is 5.48. The van der Waals surface area contributed by atoms with Crippen LogP contribution < -0.4 is 11.2 Å². The van der Waals surface area contributed by atoms with Gasteiger partial charge in [0.15, 0.2) is 0 Å². The van der Waals surface area contributed by atoms with Gasteiger partial charge in [0.2, 0.25) is 0 Å².